The van der Waals surface area contributed by atoms with Gasteiger partial charge in [0.25, 0.3) is 0 Å². The molecular weight excluding hydrogens is 210 g/mol. The summed E-state index contributed by atoms with van der Waals surface area (Å²) in [5.74, 6) is -2.70. The first kappa shape index (κ1) is 9.32. The first-order chi connectivity index (χ1) is 6.52. The molecular formula is C7H7NO5S. The molecule has 3 atom stereocenters. The zero-order chi connectivity index (χ0) is 10.5. The Bertz CT molecular complexity index is 330. The lowest BCUT2D eigenvalue weighted by Gasteiger charge is -2.35. The summed E-state index contributed by atoms with van der Waals surface area (Å²) in [7, 11) is 0. The molecule has 2 aliphatic rings. The molecule has 0 aromatic heterocycles. The lowest BCUT2D eigenvalue weighted by molar-refractivity contribution is -0.158. The minimum absolute atomic E-state index is 0.248. The van der Waals surface area contributed by atoms with Gasteiger partial charge >= 0.3 is 11.9 Å². The first-order valence-corrected chi connectivity index (χ1v) is 4.89. The van der Waals surface area contributed by atoms with Crippen LogP contribution in [-0.2, 0) is 14.4 Å². The Morgan fingerprint density at radius 2 is 2.00 bits per heavy atom. The first-order valence-electron chi connectivity index (χ1n) is 3.94. The normalized spacial score (nSPS) is 35.0. The molecule has 2 aliphatic heterocycles. The number of carbonyl (C=O) groups is 3. The van der Waals surface area contributed by atoms with E-state index in [0.29, 0.717) is 0 Å². The third-order valence-corrected chi connectivity index (χ3v) is 3.79. The number of aliphatic carboxylic acids is 2. The summed E-state index contributed by atoms with van der Waals surface area (Å²) in [6.07, 6.45) is 0.248. The van der Waals surface area contributed by atoms with Gasteiger partial charge in [-0.2, -0.15) is 0 Å². The van der Waals surface area contributed by atoms with Gasteiger partial charge in [-0.05, 0) is 0 Å². The third-order valence-electron chi connectivity index (χ3n) is 2.33. The maximum Gasteiger partial charge on any atom is 0.328 e. The van der Waals surface area contributed by atoms with E-state index < -0.39 is 23.2 Å². The van der Waals surface area contributed by atoms with E-state index >= 15 is 0 Å². The van der Waals surface area contributed by atoms with Crippen LogP contribution in [0.25, 0.3) is 0 Å². The Kier molecular flexibility index (Phi) is 1.91. The van der Waals surface area contributed by atoms with E-state index in [-0.39, 0.29) is 17.7 Å². The van der Waals surface area contributed by atoms with Crippen LogP contribution >= 0.6 is 11.8 Å². The number of fused-ring (bicyclic) bond motifs is 1. The summed E-state index contributed by atoms with van der Waals surface area (Å²) >= 11 is 1.03. The van der Waals surface area contributed by atoms with Crippen molar-refractivity contribution in [2.45, 2.75) is 23.1 Å². The molecule has 6 nitrogen and oxygen atoms in total. The van der Waals surface area contributed by atoms with Gasteiger partial charge in [-0.15, -0.1) is 11.8 Å². The second-order valence-electron chi connectivity index (χ2n) is 3.14. The van der Waals surface area contributed by atoms with Crippen molar-refractivity contribution in [3.05, 3.63) is 0 Å². The topological polar surface area (TPSA) is 94.9 Å². The molecule has 2 N–H and O–H groups in total. The van der Waals surface area contributed by atoms with E-state index in [9.17, 15) is 14.4 Å². The standard InChI is InChI=1S/C7H7NO5S/c9-2-1-3-8(2)4(6(10)11)5(14-3)7(12)13/h3-5H,1H2,(H,10,11)(H,12,13)/t3-,4?,5?/m1/s1. The van der Waals surface area contributed by atoms with Crippen LogP contribution in [0.2, 0.25) is 0 Å². The molecule has 76 valence electrons. The molecule has 1 amide bonds. The predicted octanol–water partition coefficient (Wildman–Crippen LogP) is -0.802. The van der Waals surface area contributed by atoms with Gasteiger partial charge in [-0.25, -0.2) is 4.79 Å². The van der Waals surface area contributed by atoms with Gasteiger partial charge in [0.15, 0.2) is 6.04 Å². The zero-order valence-corrected chi connectivity index (χ0v) is 7.73. The third kappa shape index (κ3) is 1.08. The van der Waals surface area contributed by atoms with Gasteiger partial charge in [-0.3, -0.25) is 9.59 Å². The molecule has 0 aliphatic carbocycles. The van der Waals surface area contributed by atoms with Gasteiger partial charge in [0, 0.05) is 0 Å². The van der Waals surface area contributed by atoms with E-state index in [4.69, 9.17) is 10.2 Å². The van der Waals surface area contributed by atoms with Crippen LogP contribution in [0.3, 0.4) is 0 Å². The SMILES string of the molecule is O=C(O)C1S[C@@H]2CC(=O)N2C1C(=O)O. The average Bonchev–Trinajstić information content (AvgIpc) is 2.37. The fourth-order valence-electron chi connectivity index (χ4n) is 1.68. The molecule has 2 fully saturated rings. The minimum Gasteiger partial charge on any atom is -0.480 e. The molecule has 0 spiro atoms. The van der Waals surface area contributed by atoms with Crippen molar-refractivity contribution in [3.8, 4) is 0 Å². The molecule has 2 heterocycles. The van der Waals surface area contributed by atoms with E-state index in [0.717, 1.165) is 16.7 Å². The van der Waals surface area contributed by atoms with Crippen molar-refractivity contribution in [1.82, 2.24) is 4.90 Å². The van der Waals surface area contributed by atoms with Crippen LogP contribution in [0.15, 0.2) is 0 Å². The van der Waals surface area contributed by atoms with E-state index in [1.807, 2.05) is 0 Å². The lowest BCUT2D eigenvalue weighted by atomic mass is 10.1. The maximum atomic E-state index is 11.1. The Morgan fingerprint density at radius 1 is 1.36 bits per heavy atom. The summed E-state index contributed by atoms with van der Waals surface area (Å²) in [6, 6.07) is -1.20. The van der Waals surface area contributed by atoms with Crippen LogP contribution in [0.1, 0.15) is 6.42 Å². The van der Waals surface area contributed by atoms with Crippen LogP contribution in [0.5, 0.6) is 0 Å². The lowest BCUT2D eigenvalue weighted by Crippen LogP contribution is -2.56. The smallest absolute Gasteiger partial charge is 0.328 e. The maximum absolute atomic E-state index is 11.1. The van der Waals surface area contributed by atoms with Crippen molar-refractivity contribution in [1.29, 1.82) is 0 Å². The number of nitrogens with zero attached hydrogens (tertiary/aromatic N) is 1. The highest BCUT2D eigenvalue weighted by atomic mass is 32.2. The minimum atomic E-state index is -1.25. The number of hydrogen-bond acceptors (Lipinski definition) is 4. The number of carbonyl (C=O) groups excluding carboxylic acids is 1. The van der Waals surface area contributed by atoms with Crippen molar-refractivity contribution >= 4 is 29.6 Å². The van der Waals surface area contributed by atoms with Crippen molar-refractivity contribution in [3.63, 3.8) is 0 Å². The van der Waals surface area contributed by atoms with E-state index in [1.54, 1.807) is 0 Å². The van der Waals surface area contributed by atoms with Crippen LogP contribution in [0.4, 0.5) is 0 Å². The molecule has 0 saturated carbocycles. The fourth-order valence-corrected chi connectivity index (χ4v) is 3.15. The summed E-state index contributed by atoms with van der Waals surface area (Å²) < 4.78 is 0. The highest BCUT2D eigenvalue weighted by molar-refractivity contribution is 8.01. The average molecular weight is 217 g/mol. The number of β-lactam (4-membered cyclic amide) rings is 1. The van der Waals surface area contributed by atoms with Gasteiger partial charge in [0.2, 0.25) is 5.91 Å². The number of thioether (sulfide) groups is 1. The molecule has 2 unspecified atom stereocenters. The molecule has 0 radical (unpaired) electrons. The molecule has 14 heavy (non-hydrogen) atoms. The van der Waals surface area contributed by atoms with Gasteiger partial charge in [0.1, 0.15) is 5.25 Å². The second-order valence-corrected chi connectivity index (χ2v) is 4.46. The summed E-state index contributed by atoms with van der Waals surface area (Å²) in [5.41, 5.74) is 0. The molecule has 0 bridgehead atoms. The van der Waals surface area contributed by atoms with Gasteiger partial charge in [0.05, 0.1) is 11.8 Å². The Balaban J connectivity index is 2.26. The second kappa shape index (κ2) is 2.88. The highest BCUT2D eigenvalue weighted by Crippen LogP contribution is 2.44. The molecule has 2 saturated heterocycles. The number of carboxylic acids is 2. The summed E-state index contributed by atoms with van der Waals surface area (Å²) in [6.45, 7) is 0. The van der Waals surface area contributed by atoms with Crippen molar-refractivity contribution in [2.75, 3.05) is 0 Å². The molecule has 0 aromatic carbocycles. The Labute approximate surface area is 82.9 Å². The quantitative estimate of drug-likeness (QED) is 0.588. The number of amides is 1. The van der Waals surface area contributed by atoms with Crippen molar-refractivity contribution < 1.29 is 24.6 Å². The fraction of sp³-hybridized carbons (Fsp3) is 0.571. The van der Waals surface area contributed by atoms with Crippen LogP contribution in [0, 0.1) is 0 Å². The molecule has 0 aromatic rings. The van der Waals surface area contributed by atoms with Crippen LogP contribution in [-0.4, -0.2) is 49.6 Å². The van der Waals surface area contributed by atoms with E-state index in [1.165, 1.54) is 0 Å². The largest absolute Gasteiger partial charge is 0.480 e. The Hall–Kier alpha value is -1.24. The zero-order valence-electron chi connectivity index (χ0n) is 6.91. The number of rotatable bonds is 2. The molecule has 7 heteroatoms. The summed E-state index contributed by atoms with van der Waals surface area (Å²) in [5, 5.41) is 16.3. The van der Waals surface area contributed by atoms with Crippen molar-refractivity contribution in [2.24, 2.45) is 0 Å². The summed E-state index contributed by atoms with van der Waals surface area (Å²) in [4.78, 5) is 33.7. The predicted molar refractivity (Wildman–Crippen MR) is 45.7 cm³/mol. The van der Waals surface area contributed by atoms with E-state index in [2.05, 4.69) is 0 Å². The number of hydrogen-bond donors (Lipinski definition) is 2. The van der Waals surface area contributed by atoms with Gasteiger partial charge in [-0.1, -0.05) is 0 Å². The molecule has 2 rings (SSSR count). The Morgan fingerprint density at radius 3 is 2.43 bits per heavy atom. The van der Waals surface area contributed by atoms with Gasteiger partial charge < -0.3 is 15.1 Å². The number of carboxylic acid groups (broad SMARTS) is 2. The van der Waals surface area contributed by atoms with Crippen LogP contribution < -0.4 is 0 Å². The highest BCUT2D eigenvalue weighted by Gasteiger charge is 2.57. The monoisotopic (exact) mass is 217 g/mol.